The Kier molecular flexibility index (Phi) is 30.0. The van der Waals surface area contributed by atoms with E-state index < -0.39 is 8.07 Å². The molecule has 7 heterocycles. The van der Waals surface area contributed by atoms with Gasteiger partial charge in [0.25, 0.3) is 0 Å². The predicted octanol–water partition coefficient (Wildman–Crippen LogP) is 20.5. The van der Waals surface area contributed by atoms with Gasteiger partial charge in [0.1, 0.15) is 0 Å². The van der Waals surface area contributed by atoms with Gasteiger partial charge in [-0.3, -0.25) is 4.79 Å². The summed E-state index contributed by atoms with van der Waals surface area (Å²) in [6, 6.07) is 86.9. The molecular weight excluding hydrogens is 1960 g/mol. The number of fused-ring (bicyclic) bond motifs is 3. The van der Waals surface area contributed by atoms with Gasteiger partial charge < -0.3 is 10.1 Å². The van der Waals surface area contributed by atoms with Crippen LogP contribution in [0.1, 0.15) is 70.7 Å². The Morgan fingerprint density at radius 2 is 0.869 bits per heavy atom. The summed E-state index contributed by atoms with van der Waals surface area (Å²) in [6.45, 7) is 25.9. The third-order valence-electron chi connectivity index (χ3n) is 15.7. The molecule has 0 saturated carbocycles. The molecular formula is C86H80Ir3N4O2Se3Si-4. The van der Waals surface area contributed by atoms with Crippen molar-refractivity contribution in [3.8, 4) is 75.0 Å². The van der Waals surface area contributed by atoms with Gasteiger partial charge in [-0.05, 0) is 37.1 Å². The number of carbonyl (C=O) groups excluding carboxylic acids is 1. The van der Waals surface area contributed by atoms with Gasteiger partial charge in [0.05, 0.1) is 13.8 Å². The molecule has 0 saturated heterocycles. The number of aryl methyl sites for hydroxylation is 2. The molecule has 0 aliphatic heterocycles. The Hall–Kier alpha value is -6.71. The van der Waals surface area contributed by atoms with Crippen LogP contribution in [0.4, 0.5) is 0 Å². The van der Waals surface area contributed by atoms with Crippen LogP contribution in [-0.4, -0.2) is 82.4 Å². The minimum absolute atomic E-state index is 0. The monoisotopic (exact) mass is 2050 g/mol. The summed E-state index contributed by atoms with van der Waals surface area (Å²) in [5, 5.41) is 13.7. The van der Waals surface area contributed by atoms with Crippen LogP contribution in [0.5, 0.6) is 0 Å². The Morgan fingerprint density at radius 3 is 1.24 bits per heavy atom. The molecule has 7 aromatic carbocycles. The number of benzene rings is 7. The Bertz CT molecular complexity index is 4660. The fourth-order valence-electron chi connectivity index (χ4n) is 11.1. The molecule has 7 aromatic heterocycles. The van der Waals surface area contributed by atoms with E-state index in [1.807, 2.05) is 91.4 Å². The number of rotatable bonds is 11. The van der Waals surface area contributed by atoms with Gasteiger partial charge in [-0.15, -0.1) is 35.9 Å². The van der Waals surface area contributed by atoms with Crippen LogP contribution in [0.25, 0.3) is 104 Å². The number of aliphatic hydroxyl groups excluding tert-OH is 1. The van der Waals surface area contributed by atoms with Crippen LogP contribution in [0.2, 0.25) is 19.6 Å². The van der Waals surface area contributed by atoms with Crippen molar-refractivity contribution in [3.05, 3.63) is 295 Å². The molecule has 0 spiro atoms. The molecule has 0 unspecified atom stereocenters. The number of aliphatic hydroxyl groups is 1. The fourth-order valence-corrected chi connectivity index (χ4v) is 19.6. The molecule has 99 heavy (non-hydrogen) atoms. The zero-order chi connectivity index (χ0) is 67.9. The molecule has 6 nitrogen and oxygen atoms in total. The Labute approximate surface area is 645 Å². The molecule has 0 atom stereocenters. The van der Waals surface area contributed by atoms with E-state index in [9.17, 15) is 4.79 Å². The molecule has 509 valence electrons. The van der Waals surface area contributed by atoms with Gasteiger partial charge in [0.15, 0.2) is 5.78 Å². The molecule has 0 fully saturated rings. The molecule has 0 aliphatic carbocycles. The van der Waals surface area contributed by atoms with Crippen molar-refractivity contribution < 1.29 is 70.2 Å². The maximum absolute atomic E-state index is 10.0. The molecule has 14 rings (SSSR count). The van der Waals surface area contributed by atoms with Crippen molar-refractivity contribution in [1.29, 1.82) is 0 Å². The minimum atomic E-state index is -1.34. The first-order valence-corrected chi connectivity index (χ1v) is 40.9. The van der Waals surface area contributed by atoms with E-state index in [2.05, 4.69) is 258 Å². The number of nitrogens with zero attached hydrogens (tertiary/aromatic N) is 4. The van der Waals surface area contributed by atoms with Crippen molar-refractivity contribution in [1.82, 2.24) is 19.9 Å². The van der Waals surface area contributed by atoms with E-state index in [1.54, 1.807) is 0 Å². The zero-order valence-electron chi connectivity index (χ0n) is 57.7. The summed E-state index contributed by atoms with van der Waals surface area (Å²) in [5.74, 6) is 0.604. The number of allylic oxidation sites excluding steroid dienone is 2. The van der Waals surface area contributed by atoms with Crippen LogP contribution in [0.15, 0.2) is 249 Å². The summed E-state index contributed by atoms with van der Waals surface area (Å²) in [7, 11) is -1.34. The van der Waals surface area contributed by atoms with Crippen molar-refractivity contribution in [2.45, 2.75) is 93.8 Å². The second-order valence-electron chi connectivity index (χ2n) is 26.2. The van der Waals surface area contributed by atoms with Gasteiger partial charge in [0.2, 0.25) is 0 Å². The average Bonchev–Trinajstić information content (AvgIpc) is 1.72. The normalized spacial score (nSPS) is 11.1. The van der Waals surface area contributed by atoms with Crippen molar-refractivity contribution in [2.75, 3.05) is 0 Å². The Balaban J connectivity index is 0.000000179. The molecule has 3 radical (unpaired) electrons. The molecule has 14 aromatic rings. The van der Waals surface area contributed by atoms with Crippen molar-refractivity contribution in [3.63, 3.8) is 0 Å². The van der Waals surface area contributed by atoms with Crippen molar-refractivity contribution >= 4 is 91.5 Å². The molecule has 13 heteroatoms. The second-order valence-corrected chi connectivity index (χ2v) is 38.1. The number of aromatic nitrogens is 4. The summed E-state index contributed by atoms with van der Waals surface area (Å²) in [5.41, 5.74) is 18.2. The summed E-state index contributed by atoms with van der Waals surface area (Å²) >= 11 is 1.01. The van der Waals surface area contributed by atoms with Crippen LogP contribution in [-0.2, 0) is 76.9 Å². The average molecular weight is 2040 g/mol. The number of hydrogen-bond donors (Lipinski definition) is 1. The fraction of sp³-hybridized carbons (Fsp3) is 0.174. The first-order valence-electron chi connectivity index (χ1n) is 32.3. The molecule has 0 bridgehead atoms. The van der Waals surface area contributed by atoms with Crippen LogP contribution >= 0.6 is 0 Å². The van der Waals surface area contributed by atoms with Crippen LogP contribution < -0.4 is 5.19 Å². The number of hydrogen-bond acceptors (Lipinski definition) is 6. The first-order chi connectivity index (χ1) is 46.1. The standard InChI is InChI=1S/C25H24NSe.2C19H12NSe.C18H24NSi.C5H8O2.3Ir/c1-16-11-20(25(3,4)5)12-17(2)24(16)23-13-19-15-26-21(14-22(19)27-23)18-9-7-6-8-10-18;2*1-3-7-14(8-4-1)17-11-16-12-18(21-19(16)13-20-17)15-9-5-2-6-10-15;1-14(2)11-16-12-17(15-9-7-6-8-10-15)19-13-18(16)20(3,4)5;1-4(6)3-5(2)7;;;/h6-9,11-15H,1-5H3;2*1-7,9-13H;6-9,12-14H,11H2,1-5H3;3,6H,1-2H3;;;/q4*-1;;;;. The maximum atomic E-state index is 10.0. The quantitative estimate of drug-likeness (QED) is 0.0601. The number of pyridine rings is 4. The van der Waals surface area contributed by atoms with Gasteiger partial charge in [-0.1, -0.05) is 45.1 Å². The predicted molar refractivity (Wildman–Crippen MR) is 410 cm³/mol. The van der Waals surface area contributed by atoms with Gasteiger partial charge in [0, 0.05) is 72.6 Å². The van der Waals surface area contributed by atoms with E-state index in [0.717, 1.165) is 51.5 Å². The van der Waals surface area contributed by atoms with Crippen molar-refractivity contribution in [2.24, 2.45) is 5.92 Å². The van der Waals surface area contributed by atoms with E-state index in [-0.39, 0.29) is 77.3 Å². The number of ketones is 1. The van der Waals surface area contributed by atoms with Crippen LogP contribution in [0, 0.1) is 44.0 Å². The van der Waals surface area contributed by atoms with Gasteiger partial charge >= 0.3 is 427 Å². The van der Waals surface area contributed by atoms with Crippen LogP contribution in [0.3, 0.4) is 0 Å². The second kappa shape index (κ2) is 37.3. The van der Waals surface area contributed by atoms with E-state index in [0.29, 0.717) is 49.4 Å². The van der Waals surface area contributed by atoms with E-state index in [1.165, 1.54) is 106 Å². The molecule has 1 N–H and O–H groups in total. The first kappa shape index (κ1) is 79.6. The van der Waals surface area contributed by atoms with Gasteiger partial charge in [-0.25, -0.2) is 0 Å². The summed E-state index contributed by atoms with van der Waals surface area (Å²) in [6.07, 6.45) is 10.5. The summed E-state index contributed by atoms with van der Waals surface area (Å²) < 4.78 is 8.45. The third-order valence-corrected chi connectivity index (χ3v) is 24.9. The summed E-state index contributed by atoms with van der Waals surface area (Å²) in [4.78, 5) is 28.6. The van der Waals surface area contributed by atoms with E-state index in [4.69, 9.17) is 5.11 Å². The third kappa shape index (κ3) is 22.1. The van der Waals surface area contributed by atoms with E-state index >= 15 is 0 Å². The topological polar surface area (TPSA) is 88.9 Å². The molecule has 0 aliphatic rings. The Morgan fingerprint density at radius 1 is 0.485 bits per heavy atom. The molecule has 0 amide bonds. The number of carbonyl (C=O) groups is 1. The zero-order valence-corrected chi connectivity index (χ0v) is 71.1. The van der Waals surface area contributed by atoms with Gasteiger partial charge in [-0.2, -0.15) is 0 Å². The SMILES string of the molecule is CC(=O)C=C(C)O.CC(C)Cc1cc(-c2[c-]cccc2)ncc1[Si](C)(C)C.Cc1cc(C(C)(C)C)cc(C)c1-c1cc2cnc(-c3[c-]cccc3)cc2[se]1.[Ir].[Ir].[Ir].[c-]1ccccc1-c1cc2cc(-c3ccccc3)[se]c2cn1.[c-]1ccccc1-c1cc2cc(-c3ccccc3)[se]c2cn1.